The van der Waals surface area contributed by atoms with Crippen LogP contribution in [0.25, 0.3) is 6.08 Å². The SMILES string of the molecule is C[C@H](OC(=O)/C=C/c1ccccc1F)C(=O)NC12CC3CC(CC(C3)C1)C2. The molecule has 4 bridgehead atoms. The monoisotopic (exact) mass is 371 g/mol. The Morgan fingerprint density at radius 1 is 1.15 bits per heavy atom. The van der Waals surface area contributed by atoms with Gasteiger partial charge in [0, 0.05) is 17.2 Å². The topological polar surface area (TPSA) is 55.4 Å². The van der Waals surface area contributed by atoms with E-state index in [1.54, 1.807) is 25.1 Å². The van der Waals surface area contributed by atoms with Crippen molar-refractivity contribution in [1.82, 2.24) is 5.32 Å². The first-order valence-corrected chi connectivity index (χ1v) is 9.88. The maximum Gasteiger partial charge on any atom is 0.331 e. The second kappa shape index (κ2) is 7.10. The standard InChI is InChI=1S/C22H26FNO3/c1-14(27-20(25)7-6-18-4-2-3-5-19(18)23)21(26)24-22-11-15-8-16(12-22)10-17(9-15)13-22/h2-7,14-17H,8-13H2,1H3,(H,24,26)/b7-6+/t14-,15?,16?,17?,22?/m0/s1. The third kappa shape index (κ3) is 3.92. The molecule has 4 nitrogen and oxygen atoms in total. The summed E-state index contributed by atoms with van der Waals surface area (Å²) in [5, 5.41) is 3.21. The number of amides is 1. The van der Waals surface area contributed by atoms with Crippen LogP contribution in [0.1, 0.15) is 51.0 Å². The molecule has 5 rings (SSSR count). The van der Waals surface area contributed by atoms with Crippen molar-refractivity contribution < 1.29 is 18.7 Å². The van der Waals surface area contributed by atoms with Gasteiger partial charge in [0.15, 0.2) is 6.10 Å². The third-order valence-electron chi connectivity index (χ3n) is 6.39. The lowest BCUT2D eigenvalue weighted by atomic mass is 9.53. The molecule has 4 fully saturated rings. The molecular formula is C22H26FNO3. The number of hydrogen-bond donors (Lipinski definition) is 1. The summed E-state index contributed by atoms with van der Waals surface area (Å²) in [6.45, 7) is 1.59. The fraction of sp³-hybridized carbons (Fsp3) is 0.545. The minimum atomic E-state index is -0.865. The van der Waals surface area contributed by atoms with Crippen molar-refractivity contribution in [2.45, 2.75) is 57.1 Å². The molecule has 5 heteroatoms. The van der Waals surface area contributed by atoms with E-state index in [9.17, 15) is 14.0 Å². The van der Waals surface area contributed by atoms with E-state index in [2.05, 4.69) is 5.32 Å². The molecule has 1 N–H and O–H groups in total. The van der Waals surface area contributed by atoms with Crippen LogP contribution in [0.4, 0.5) is 4.39 Å². The van der Waals surface area contributed by atoms with Crippen LogP contribution in [-0.2, 0) is 14.3 Å². The van der Waals surface area contributed by atoms with Gasteiger partial charge >= 0.3 is 5.97 Å². The van der Waals surface area contributed by atoms with E-state index in [4.69, 9.17) is 4.74 Å². The van der Waals surface area contributed by atoms with E-state index in [0.29, 0.717) is 5.56 Å². The van der Waals surface area contributed by atoms with Gasteiger partial charge in [0.05, 0.1) is 0 Å². The van der Waals surface area contributed by atoms with Crippen LogP contribution in [0, 0.1) is 23.6 Å². The molecule has 4 aliphatic carbocycles. The molecule has 144 valence electrons. The number of halogens is 1. The van der Waals surface area contributed by atoms with Crippen LogP contribution < -0.4 is 5.32 Å². The lowest BCUT2D eigenvalue weighted by Crippen LogP contribution is -2.61. The summed E-state index contributed by atoms with van der Waals surface area (Å²) in [5.74, 6) is 0.916. The zero-order valence-corrected chi connectivity index (χ0v) is 15.6. The average molecular weight is 371 g/mol. The Labute approximate surface area is 159 Å². The summed E-state index contributed by atoms with van der Waals surface area (Å²) in [7, 11) is 0. The fourth-order valence-corrected chi connectivity index (χ4v) is 5.66. The molecule has 1 aromatic rings. The van der Waals surface area contributed by atoms with Gasteiger partial charge in [-0.3, -0.25) is 4.79 Å². The van der Waals surface area contributed by atoms with Crippen molar-refractivity contribution in [2.24, 2.45) is 17.8 Å². The van der Waals surface area contributed by atoms with E-state index < -0.39 is 17.9 Å². The second-order valence-corrected chi connectivity index (χ2v) is 8.62. The molecule has 27 heavy (non-hydrogen) atoms. The maximum absolute atomic E-state index is 13.6. The number of carbonyl (C=O) groups is 2. The molecule has 0 radical (unpaired) electrons. The summed E-state index contributed by atoms with van der Waals surface area (Å²) in [4.78, 5) is 24.6. The average Bonchev–Trinajstić information content (AvgIpc) is 2.59. The van der Waals surface area contributed by atoms with E-state index >= 15 is 0 Å². The molecule has 0 aromatic heterocycles. The molecule has 1 atom stereocenters. The van der Waals surface area contributed by atoms with Gasteiger partial charge in [-0.05, 0) is 75.3 Å². The number of esters is 1. The Balaban J connectivity index is 1.33. The maximum atomic E-state index is 13.6. The largest absolute Gasteiger partial charge is 0.449 e. The number of hydrogen-bond acceptors (Lipinski definition) is 3. The summed E-state index contributed by atoms with van der Waals surface area (Å²) in [5.41, 5.74) is 0.204. The van der Waals surface area contributed by atoms with E-state index in [0.717, 1.165) is 43.1 Å². The van der Waals surface area contributed by atoms with Gasteiger partial charge in [-0.25, -0.2) is 9.18 Å². The first-order valence-electron chi connectivity index (χ1n) is 9.88. The highest BCUT2D eigenvalue weighted by Crippen LogP contribution is 2.55. The highest BCUT2D eigenvalue weighted by molar-refractivity contribution is 5.90. The Morgan fingerprint density at radius 3 is 2.33 bits per heavy atom. The normalized spacial score (nSPS) is 32.4. The van der Waals surface area contributed by atoms with Crippen molar-refractivity contribution in [3.05, 3.63) is 41.7 Å². The third-order valence-corrected chi connectivity index (χ3v) is 6.39. The summed E-state index contributed by atoms with van der Waals surface area (Å²) in [6, 6.07) is 6.17. The van der Waals surface area contributed by atoms with E-state index in [1.807, 2.05) is 0 Å². The molecular weight excluding hydrogens is 345 g/mol. The quantitative estimate of drug-likeness (QED) is 0.632. The van der Waals surface area contributed by atoms with Gasteiger partial charge < -0.3 is 10.1 Å². The molecule has 0 saturated heterocycles. The Kier molecular flexibility index (Phi) is 4.79. The minimum Gasteiger partial charge on any atom is -0.449 e. The highest BCUT2D eigenvalue weighted by atomic mass is 19.1. The molecule has 4 saturated carbocycles. The molecule has 0 spiro atoms. The smallest absolute Gasteiger partial charge is 0.331 e. The van der Waals surface area contributed by atoms with Crippen LogP contribution in [0.15, 0.2) is 30.3 Å². The number of nitrogens with one attached hydrogen (secondary N) is 1. The Bertz CT molecular complexity index is 737. The number of ether oxygens (including phenoxy) is 1. The van der Waals surface area contributed by atoms with Crippen molar-refractivity contribution in [3.8, 4) is 0 Å². The van der Waals surface area contributed by atoms with Gasteiger partial charge in [-0.1, -0.05) is 18.2 Å². The zero-order valence-electron chi connectivity index (χ0n) is 15.6. The number of rotatable bonds is 5. The molecule has 4 aliphatic rings. The molecule has 1 amide bonds. The van der Waals surface area contributed by atoms with Gasteiger partial charge in [-0.15, -0.1) is 0 Å². The zero-order chi connectivity index (χ0) is 19.0. The second-order valence-electron chi connectivity index (χ2n) is 8.62. The molecule has 0 unspecified atom stereocenters. The Morgan fingerprint density at radius 2 is 1.74 bits per heavy atom. The first-order chi connectivity index (χ1) is 12.9. The summed E-state index contributed by atoms with van der Waals surface area (Å²) < 4.78 is 18.8. The lowest BCUT2D eigenvalue weighted by Gasteiger charge is -2.57. The summed E-state index contributed by atoms with van der Waals surface area (Å²) >= 11 is 0. The van der Waals surface area contributed by atoms with Gasteiger partial charge in [0.25, 0.3) is 5.91 Å². The van der Waals surface area contributed by atoms with Crippen molar-refractivity contribution in [2.75, 3.05) is 0 Å². The fourth-order valence-electron chi connectivity index (χ4n) is 5.66. The van der Waals surface area contributed by atoms with Crippen LogP contribution >= 0.6 is 0 Å². The van der Waals surface area contributed by atoms with Crippen LogP contribution in [-0.4, -0.2) is 23.5 Å². The molecule has 1 aromatic carbocycles. The van der Waals surface area contributed by atoms with Crippen LogP contribution in [0.2, 0.25) is 0 Å². The number of benzene rings is 1. The van der Waals surface area contributed by atoms with E-state index in [-0.39, 0.29) is 11.4 Å². The highest BCUT2D eigenvalue weighted by Gasteiger charge is 2.51. The van der Waals surface area contributed by atoms with Gasteiger partial charge in [0.1, 0.15) is 5.82 Å². The minimum absolute atomic E-state index is 0.102. The lowest BCUT2D eigenvalue weighted by molar-refractivity contribution is -0.152. The first kappa shape index (κ1) is 18.2. The Hall–Kier alpha value is -2.17. The summed E-state index contributed by atoms with van der Waals surface area (Å²) in [6.07, 6.45) is 8.74. The molecule has 0 heterocycles. The van der Waals surface area contributed by atoms with Crippen molar-refractivity contribution in [1.29, 1.82) is 0 Å². The van der Waals surface area contributed by atoms with Crippen molar-refractivity contribution in [3.63, 3.8) is 0 Å². The number of carbonyl (C=O) groups excluding carboxylic acids is 2. The van der Waals surface area contributed by atoms with Gasteiger partial charge in [-0.2, -0.15) is 0 Å². The van der Waals surface area contributed by atoms with Crippen LogP contribution in [0.5, 0.6) is 0 Å². The predicted molar refractivity (Wildman–Crippen MR) is 100 cm³/mol. The predicted octanol–water partition coefficient (Wildman–Crippen LogP) is 3.86. The van der Waals surface area contributed by atoms with Crippen LogP contribution in [0.3, 0.4) is 0 Å². The van der Waals surface area contributed by atoms with E-state index in [1.165, 1.54) is 31.4 Å². The molecule has 0 aliphatic heterocycles. The van der Waals surface area contributed by atoms with Gasteiger partial charge in [0.2, 0.25) is 0 Å². The van der Waals surface area contributed by atoms with Crippen molar-refractivity contribution >= 4 is 18.0 Å².